The molecular formula is C11H13NO2. The summed E-state index contributed by atoms with van der Waals surface area (Å²) in [5.41, 5.74) is 2.15. The third-order valence-electron chi connectivity index (χ3n) is 2.39. The fourth-order valence-electron chi connectivity index (χ4n) is 1.64. The number of hydrogen-bond donors (Lipinski definition) is 1. The Bertz CT molecular complexity index is 460. The zero-order valence-corrected chi connectivity index (χ0v) is 8.32. The second kappa shape index (κ2) is 3.25. The molecule has 14 heavy (non-hydrogen) atoms. The summed E-state index contributed by atoms with van der Waals surface area (Å²) in [4.78, 5) is 5.04. The van der Waals surface area contributed by atoms with Gasteiger partial charge in [-0.2, -0.15) is 0 Å². The zero-order chi connectivity index (χ0) is 10.1. The minimum absolute atomic E-state index is 0.135. The molecule has 1 N–H and O–H groups in total. The van der Waals surface area contributed by atoms with E-state index in [9.17, 15) is 5.11 Å². The molecule has 0 aliphatic rings. The van der Waals surface area contributed by atoms with E-state index in [2.05, 4.69) is 13.0 Å². The number of aromatic hydroxyl groups is 1. The summed E-state index contributed by atoms with van der Waals surface area (Å²) < 4.78 is 1.41. The van der Waals surface area contributed by atoms with Crippen molar-refractivity contribution in [2.24, 2.45) is 0 Å². The first-order valence-corrected chi connectivity index (χ1v) is 4.64. The van der Waals surface area contributed by atoms with E-state index in [1.54, 1.807) is 6.07 Å². The van der Waals surface area contributed by atoms with Crippen LogP contribution in [0.3, 0.4) is 0 Å². The number of benzene rings is 1. The number of hydrogen-bond acceptors (Lipinski definition) is 2. The number of rotatable bonds is 2. The van der Waals surface area contributed by atoms with E-state index in [1.807, 2.05) is 12.1 Å². The largest absolute Gasteiger partial charge is 0.492 e. The van der Waals surface area contributed by atoms with Crippen molar-refractivity contribution >= 4 is 10.9 Å². The van der Waals surface area contributed by atoms with Crippen LogP contribution in [0, 0.1) is 0 Å². The van der Waals surface area contributed by atoms with Crippen LogP contribution in [0.15, 0.2) is 24.3 Å². The van der Waals surface area contributed by atoms with Crippen LogP contribution in [0.1, 0.15) is 12.5 Å². The number of fused-ring (bicyclic) bond motifs is 1. The summed E-state index contributed by atoms with van der Waals surface area (Å²) in [5, 5.41) is 10.5. The molecule has 0 saturated heterocycles. The van der Waals surface area contributed by atoms with Crippen LogP contribution in [0.25, 0.3) is 10.9 Å². The van der Waals surface area contributed by atoms with E-state index in [4.69, 9.17) is 4.84 Å². The van der Waals surface area contributed by atoms with Crippen LogP contribution in [-0.2, 0) is 6.42 Å². The maximum absolute atomic E-state index is 9.54. The van der Waals surface area contributed by atoms with Crippen LogP contribution in [0.5, 0.6) is 5.88 Å². The molecule has 1 heterocycles. The lowest BCUT2D eigenvalue weighted by Crippen LogP contribution is -2.03. The van der Waals surface area contributed by atoms with Gasteiger partial charge in [0.25, 0.3) is 0 Å². The Morgan fingerprint density at radius 1 is 1.36 bits per heavy atom. The molecule has 3 heteroatoms. The van der Waals surface area contributed by atoms with E-state index in [-0.39, 0.29) is 5.88 Å². The molecule has 2 aromatic rings. The number of nitrogens with zero attached hydrogens (tertiary/aromatic N) is 1. The Morgan fingerprint density at radius 3 is 2.79 bits per heavy atom. The predicted molar refractivity (Wildman–Crippen MR) is 55.5 cm³/mol. The highest BCUT2D eigenvalue weighted by molar-refractivity contribution is 5.82. The Morgan fingerprint density at radius 2 is 2.14 bits per heavy atom. The molecule has 0 spiro atoms. The highest BCUT2D eigenvalue weighted by Crippen LogP contribution is 2.24. The molecule has 0 fully saturated rings. The van der Waals surface area contributed by atoms with Crippen molar-refractivity contribution in [2.75, 3.05) is 7.11 Å². The Labute approximate surface area is 82.5 Å². The molecule has 0 aliphatic carbocycles. The number of aryl methyl sites for hydroxylation is 1. The molecule has 0 aliphatic heterocycles. The second-order valence-corrected chi connectivity index (χ2v) is 3.23. The van der Waals surface area contributed by atoms with E-state index in [1.165, 1.54) is 17.4 Å². The maximum Gasteiger partial charge on any atom is 0.226 e. The topological polar surface area (TPSA) is 34.4 Å². The standard InChI is InChI=1S/C11H13NO2/c1-3-8-4-5-10-9(6-8)7-11(13)12(10)14-2/h4-7,13H,3H2,1-2H3. The first kappa shape index (κ1) is 8.94. The van der Waals surface area contributed by atoms with Crippen molar-refractivity contribution in [3.8, 4) is 5.88 Å². The summed E-state index contributed by atoms with van der Waals surface area (Å²) in [6.07, 6.45) is 0.995. The van der Waals surface area contributed by atoms with Crippen LogP contribution < -0.4 is 4.84 Å². The summed E-state index contributed by atoms with van der Waals surface area (Å²) >= 11 is 0. The minimum Gasteiger partial charge on any atom is -0.492 e. The average Bonchev–Trinajstić information content (AvgIpc) is 2.51. The second-order valence-electron chi connectivity index (χ2n) is 3.23. The van der Waals surface area contributed by atoms with Crippen molar-refractivity contribution in [1.82, 2.24) is 4.73 Å². The smallest absolute Gasteiger partial charge is 0.226 e. The molecule has 1 aromatic carbocycles. The summed E-state index contributed by atoms with van der Waals surface area (Å²) in [6, 6.07) is 7.76. The van der Waals surface area contributed by atoms with Gasteiger partial charge in [0.05, 0.1) is 5.52 Å². The van der Waals surface area contributed by atoms with Gasteiger partial charge in [-0.05, 0) is 24.1 Å². The van der Waals surface area contributed by atoms with Crippen molar-refractivity contribution in [2.45, 2.75) is 13.3 Å². The summed E-state index contributed by atoms with van der Waals surface area (Å²) in [5.74, 6) is 0.135. The van der Waals surface area contributed by atoms with Crippen molar-refractivity contribution in [1.29, 1.82) is 0 Å². The van der Waals surface area contributed by atoms with Crippen LogP contribution >= 0.6 is 0 Å². The Hall–Kier alpha value is -1.64. The molecule has 0 amide bonds. The monoisotopic (exact) mass is 191 g/mol. The normalized spacial score (nSPS) is 10.7. The van der Waals surface area contributed by atoms with Gasteiger partial charge in [-0.1, -0.05) is 13.0 Å². The molecule has 1 aromatic heterocycles. The molecule has 0 bridgehead atoms. The third kappa shape index (κ3) is 1.21. The fourth-order valence-corrected chi connectivity index (χ4v) is 1.64. The first-order valence-electron chi connectivity index (χ1n) is 4.64. The van der Waals surface area contributed by atoms with Crippen LogP contribution in [0.4, 0.5) is 0 Å². The van der Waals surface area contributed by atoms with Crippen LogP contribution in [0.2, 0.25) is 0 Å². The summed E-state index contributed by atoms with van der Waals surface area (Å²) in [6.45, 7) is 2.11. The highest BCUT2D eigenvalue weighted by Gasteiger charge is 2.07. The van der Waals surface area contributed by atoms with Crippen molar-refractivity contribution in [3.05, 3.63) is 29.8 Å². The van der Waals surface area contributed by atoms with Gasteiger partial charge in [0.2, 0.25) is 5.88 Å². The number of aromatic nitrogens is 1. The lowest BCUT2D eigenvalue weighted by atomic mass is 10.1. The van der Waals surface area contributed by atoms with E-state index in [0.717, 1.165) is 17.3 Å². The van der Waals surface area contributed by atoms with Crippen LogP contribution in [-0.4, -0.2) is 16.9 Å². The molecule has 0 saturated carbocycles. The van der Waals surface area contributed by atoms with E-state index >= 15 is 0 Å². The zero-order valence-electron chi connectivity index (χ0n) is 8.32. The Balaban J connectivity index is 2.68. The minimum atomic E-state index is 0.135. The molecule has 74 valence electrons. The molecular weight excluding hydrogens is 178 g/mol. The lowest BCUT2D eigenvalue weighted by Gasteiger charge is -2.03. The van der Waals surface area contributed by atoms with Crippen molar-refractivity contribution in [3.63, 3.8) is 0 Å². The van der Waals surface area contributed by atoms with Gasteiger partial charge in [-0.15, -0.1) is 4.73 Å². The van der Waals surface area contributed by atoms with Gasteiger partial charge in [0, 0.05) is 11.5 Å². The van der Waals surface area contributed by atoms with Gasteiger partial charge in [-0.3, -0.25) is 0 Å². The van der Waals surface area contributed by atoms with Gasteiger partial charge in [0.15, 0.2) is 0 Å². The molecule has 0 atom stereocenters. The Kier molecular flexibility index (Phi) is 2.08. The third-order valence-corrected chi connectivity index (χ3v) is 2.39. The molecule has 0 unspecified atom stereocenters. The summed E-state index contributed by atoms with van der Waals surface area (Å²) in [7, 11) is 1.53. The van der Waals surface area contributed by atoms with Crippen molar-refractivity contribution < 1.29 is 9.94 Å². The molecule has 0 radical (unpaired) electrons. The fraction of sp³-hybridized carbons (Fsp3) is 0.273. The highest BCUT2D eigenvalue weighted by atomic mass is 16.7. The molecule has 2 rings (SSSR count). The van der Waals surface area contributed by atoms with E-state index < -0.39 is 0 Å². The first-order chi connectivity index (χ1) is 6.76. The van der Waals surface area contributed by atoms with Gasteiger partial charge in [-0.25, -0.2) is 0 Å². The average molecular weight is 191 g/mol. The van der Waals surface area contributed by atoms with Gasteiger partial charge < -0.3 is 9.94 Å². The van der Waals surface area contributed by atoms with E-state index in [0.29, 0.717) is 0 Å². The lowest BCUT2D eigenvalue weighted by molar-refractivity contribution is 0.152. The molecule has 3 nitrogen and oxygen atoms in total. The predicted octanol–water partition coefficient (Wildman–Crippen LogP) is 1.97. The van der Waals surface area contributed by atoms with Gasteiger partial charge in [0.1, 0.15) is 7.11 Å². The quantitative estimate of drug-likeness (QED) is 0.787. The SMILES string of the molecule is CCc1ccc2c(c1)cc(O)n2OC. The van der Waals surface area contributed by atoms with Gasteiger partial charge >= 0.3 is 0 Å². The maximum atomic E-state index is 9.54.